The Morgan fingerprint density at radius 3 is 2.96 bits per heavy atom. The number of ether oxygens (including phenoxy) is 1. The first-order valence-corrected chi connectivity index (χ1v) is 8.68. The third-order valence-electron chi connectivity index (χ3n) is 3.94. The van der Waals surface area contributed by atoms with Gasteiger partial charge in [0.05, 0.1) is 6.10 Å². The van der Waals surface area contributed by atoms with E-state index in [1.54, 1.807) is 6.20 Å². The summed E-state index contributed by atoms with van der Waals surface area (Å²) in [4.78, 5) is 17.2. The van der Waals surface area contributed by atoms with Crippen LogP contribution in [0, 0.1) is 12.8 Å². The number of urea groups is 1. The molecule has 1 aromatic carbocycles. The van der Waals surface area contributed by atoms with Crippen molar-refractivity contribution in [1.82, 2.24) is 10.3 Å². The van der Waals surface area contributed by atoms with Gasteiger partial charge in [0.15, 0.2) is 5.13 Å². The number of rotatable bonds is 4. The summed E-state index contributed by atoms with van der Waals surface area (Å²) in [6, 6.07) is 10.0. The van der Waals surface area contributed by atoms with Crippen LogP contribution in [0.4, 0.5) is 9.93 Å². The number of amides is 2. The first-order chi connectivity index (χ1) is 11.2. The van der Waals surface area contributed by atoms with Gasteiger partial charge in [0.25, 0.3) is 0 Å². The Balaban J connectivity index is 1.56. The van der Waals surface area contributed by atoms with Gasteiger partial charge in [0, 0.05) is 30.1 Å². The van der Waals surface area contributed by atoms with Gasteiger partial charge in [-0.1, -0.05) is 30.3 Å². The van der Waals surface area contributed by atoms with Crippen LogP contribution in [0.5, 0.6) is 0 Å². The molecule has 2 N–H and O–H groups in total. The summed E-state index contributed by atoms with van der Waals surface area (Å²) >= 11 is 1.47. The van der Waals surface area contributed by atoms with Crippen LogP contribution in [-0.4, -0.2) is 24.2 Å². The van der Waals surface area contributed by atoms with Crippen LogP contribution in [0.1, 0.15) is 29.4 Å². The number of nitrogens with zero attached hydrogens (tertiary/aromatic N) is 1. The van der Waals surface area contributed by atoms with Crippen LogP contribution < -0.4 is 10.6 Å². The summed E-state index contributed by atoms with van der Waals surface area (Å²) in [7, 11) is 0. The van der Waals surface area contributed by atoms with Crippen LogP contribution in [0.3, 0.4) is 0 Å². The normalized spacial score (nSPS) is 20.9. The lowest BCUT2D eigenvalue weighted by Gasteiger charge is -2.32. The van der Waals surface area contributed by atoms with Gasteiger partial charge >= 0.3 is 6.03 Å². The molecule has 0 aliphatic carbocycles. The predicted octanol–water partition coefficient (Wildman–Crippen LogP) is 3.74. The highest BCUT2D eigenvalue weighted by molar-refractivity contribution is 7.15. The van der Waals surface area contributed by atoms with Gasteiger partial charge in [0.1, 0.15) is 0 Å². The fraction of sp³-hybridized carbons (Fsp3) is 0.412. The second-order valence-corrected chi connectivity index (χ2v) is 6.95. The Labute approximate surface area is 140 Å². The van der Waals surface area contributed by atoms with E-state index in [1.807, 2.05) is 25.1 Å². The molecule has 2 amide bonds. The quantitative estimate of drug-likeness (QED) is 0.897. The monoisotopic (exact) mass is 331 g/mol. The first kappa shape index (κ1) is 16.0. The molecule has 2 heterocycles. The van der Waals surface area contributed by atoms with E-state index >= 15 is 0 Å². The number of carbonyl (C=O) groups is 1. The predicted molar refractivity (Wildman–Crippen MR) is 91.7 cm³/mol. The molecule has 1 aliphatic rings. The number of benzene rings is 1. The standard InChI is InChI=1S/C17H21N3O2S/c1-12-10-19-17(23-12)20-16(21)18-11-14-8-5-9-22-15(14)13-6-3-2-4-7-13/h2-4,6-7,10,14-15H,5,8-9,11H2,1H3,(H2,18,19,20,21). The van der Waals surface area contributed by atoms with Crippen molar-refractivity contribution in [3.8, 4) is 0 Å². The van der Waals surface area contributed by atoms with Crippen molar-refractivity contribution in [1.29, 1.82) is 0 Å². The van der Waals surface area contributed by atoms with Crippen molar-refractivity contribution in [2.45, 2.75) is 25.9 Å². The van der Waals surface area contributed by atoms with Crippen molar-refractivity contribution in [2.75, 3.05) is 18.5 Å². The van der Waals surface area contributed by atoms with Crippen LogP contribution in [-0.2, 0) is 4.74 Å². The topological polar surface area (TPSA) is 63.2 Å². The summed E-state index contributed by atoms with van der Waals surface area (Å²) in [5.41, 5.74) is 1.18. The van der Waals surface area contributed by atoms with E-state index in [0.29, 0.717) is 11.7 Å². The largest absolute Gasteiger partial charge is 0.373 e. The fourth-order valence-electron chi connectivity index (χ4n) is 2.84. The second-order valence-electron chi connectivity index (χ2n) is 5.72. The van der Waals surface area contributed by atoms with Crippen LogP contribution >= 0.6 is 11.3 Å². The zero-order valence-corrected chi connectivity index (χ0v) is 13.9. The highest BCUT2D eigenvalue weighted by Gasteiger charge is 2.27. The number of hydrogen-bond donors (Lipinski definition) is 2. The minimum Gasteiger partial charge on any atom is -0.373 e. The van der Waals surface area contributed by atoms with Gasteiger partial charge in [-0.3, -0.25) is 5.32 Å². The molecule has 2 atom stereocenters. The maximum absolute atomic E-state index is 12.0. The lowest BCUT2D eigenvalue weighted by atomic mass is 9.89. The molecule has 1 fully saturated rings. The van der Waals surface area contributed by atoms with Gasteiger partial charge in [-0.15, -0.1) is 11.3 Å². The lowest BCUT2D eigenvalue weighted by molar-refractivity contribution is -0.0268. The Bertz CT molecular complexity index is 644. The molecule has 2 unspecified atom stereocenters. The van der Waals surface area contributed by atoms with Crippen LogP contribution in [0.25, 0.3) is 0 Å². The van der Waals surface area contributed by atoms with Crippen LogP contribution in [0.2, 0.25) is 0 Å². The van der Waals surface area contributed by atoms with Crippen LogP contribution in [0.15, 0.2) is 36.5 Å². The zero-order valence-electron chi connectivity index (χ0n) is 13.1. The molecule has 0 radical (unpaired) electrons. The van der Waals surface area contributed by atoms with E-state index in [1.165, 1.54) is 16.9 Å². The molecule has 2 aromatic rings. The van der Waals surface area contributed by atoms with Crippen molar-refractivity contribution in [2.24, 2.45) is 5.92 Å². The molecule has 3 rings (SSSR count). The van der Waals surface area contributed by atoms with Crippen molar-refractivity contribution < 1.29 is 9.53 Å². The smallest absolute Gasteiger partial charge is 0.321 e. The summed E-state index contributed by atoms with van der Waals surface area (Å²) in [5, 5.41) is 6.34. The number of aromatic nitrogens is 1. The molecule has 0 bridgehead atoms. The Kier molecular flexibility index (Phi) is 5.25. The van der Waals surface area contributed by atoms with Gasteiger partial charge in [-0.2, -0.15) is 0 Å². The van der Waals surface area contributed by atoms with Gasteiger partial charge in [0.2, 0.25) is 0 Å². The molecule has 0 saturated carbocycles. The average molecular weight is 331 g/mol. The number of aryl methyl sites for hydroxylation is 1. The van der Waals surface area contributed by atoms with E-state index < -0.39 is 0 Å². The van der Waals surface area contributed by atoms with E-state index in [2.05, 4.69) is 27.8 Å². The van der Waals surface area contributed by atoms with E-state index in [9.17, 15) is 4.79 Å². The van der Waals surface area contributed by atoms with Gasteiger partial charge in [-0.25, -0.2) is 9.78 Å². The Morgan fingerprint density at radius 2 is 2.22 bits per heavy atom. The minimum absolute atomic E-state index is 0.0485. The summed E-state index contributed by atoms with van der Waals surface area (Å²) in [6.45, 7) is 3.33. The lowest BCUT2D eigenvalue weighted by Crippen LogP contribution is -2.37. The molecular weight excluding hydrogens is 310 g/mol. The molecule has 5 nitrogen and oxygen atoms in total. The zero-order chi connectivity index (χ0) is 16.1. The summed E-state index contributed by atoms with van der Waals surface area (Å²) in [6.07, 6.45) is 3.88. The number of anilines is 1. The third kappa shape index (κ3) is 4.30. The van der Waals surface area contributed by atoms with Crippen molar-refractivity contribution in [3.63, 3.8) is 0 Å². The molecular formula is C17H21N3O2S. The van der Waals surface area contributed by atoms with Gasteiger partial charge in [-0.05, 0) is 25.3 Å². The average Bonchev–Trinajstić information content (AvgIpc) is 2.99. The summed E-state index contributed by atoms with van der Waals surface area (Å²) < 4.78 is 5.95. The molecule has 6 heteroatoms. The number of hydrogen-bond acceptors (Lipinski definition) is 4. The number of nitrogens with one attached hydrogen (secondary N) is 2. The van der Waals surface area contributed by atoms with E-state index in [-0.39, 0.29) is 18.1 Å². The number of thiazole rings is 1. The van der Waals surface area contributed by atoms with E-state index in [0.717, 1.165) is 24.3 Å². The highest BCUT2D eigenvalue weighted by Crippen LogP contribution is 2.33. The maximum Gasteiger partial charge on any atom is 0.321 e. The molecule has 122 valence electrons. The molecule has 0 spiro atoms. The van der Waals surface area contributed by atoms with Crippen molar-refractivity contribution in [3.05, 3.63) is 47.0 Å². The third-order valence-corrected chi connectivity index (χ3v) is 4.77. The van der Waals surface area contributed by atoms with E-state index in [4.69, 9.17) is 4.74 Å². The molecule has 1 aromatic heterocycles. The van der Waals surface area contributed by atoms with Gasteiger partial charge < -0.3 is 10.1 Å². The Hall–Kier alpha value is -1.92. The SMILES string of the molecule is Cc1cnc(NC(=O)NCC2CCCOC2c2ccccc2)s1. The maximum atomic E-state index is 12.0. The summed E-state index contributed by atoms with van der Waals surface area (Å²) in [5.74, 6) is 0.287. The molecule has 23 heavy (non-hydrogen) atoms. The van der Waals surface area contributed by atoms with Crippen molar-refractivity contribution >= 4 is 22.5 Å². The minimum atomic E-state index is -0.211. The Morgan fingerprint density at radius 1 is 1.39 bits per heavy atom. The second kappa shape index (κ2) is 7.57. The fourth-order valence-corrected chi connectivity index (χ4v) is 3.50. The molecule has 1 aliphatic heterocycles. The molecule has 1 saturated heterocycles. The first-order valence-electron chi connectivity index (χ1n) is 7.86. The highest BCUT2D eigenvalue weighted by atomic mass is 32.1. The number of carbonyl (C=O) groups excluding carboxylic acids is 1.